The molecule has 0 aliphatic carbocycles. The van der Waals surface area contributed by atoms with E-state index in [2.05, 4.69) is 94.1 Å². The summed E-state index contributed by atoms with van der Waals surface area (Å²) in [5.74, 6) is 16.6. The Labute approximate surface area is 182 Å². The van der Waals surface area contributed by atoms with Gasteiger partial charge in [0.1, 0.15) is 0 Å². The second-order valence-corrected chi connectivity index (χ2v) is 16.1. The van der Waals surface area contributed by atoms with Gasteiger partial charge in [0.25, 0.3) is 0 Å². The van der Waals surface area contributed by atoms with E-state index in [1.807, 2.05) is 0 Å². The minimum absolute atomic E-state index is 0.914. The Kier molecular flexibility index (Phi) is 11.7. The van der Waals surface area contributed by atoms with Gasteiger partial charge in [-0.1, -0.05) is 0 Å². The number of hydrogen-bond acceptors (Lipinski definition) is 8. The molecule has 0 amide bonds. The topological polar surface area (TPSA) is 0 Å². The van der Waals surface area contributed by atoms with Crippen LogP contribution in [0.4, 0.5) is 0 Å². The van der Waals surface area contributed by atoms with Crippen LogP contribution in [0.15, 0.2) is 0 Å². The first-order chi connectivity index (χ1) is 11.9. The van der Waals surface area contributed by atoms with Gasteiger partial charge in [-0.15, -0.1) is 0 Å². The van der Waals surface area contributed by atoms with E-state index in [1.54, 1.807) is 0 Å². The average molecular weight is 477 g/mol. The van der Waals surface area contributed by atoms with Gasteiger partial charge >= 0.3 is 0 Å². The summed E-state index contributed by atoms with van der Waals surface area (Å²) in [6.45, 7) is 0. The van der Waals surface area contributed by atoms with Gasteiger partial charge in [0.05, 0.1) is 0 Å². The van der Waals surface area contributed by atoms with E-state index >= 15 is 0 Å². The second kappa shape index (κ2) is 13.1. The van der Waals surface area contributed by atoms with Crippen molar-refractivity contribution in [2.24, 2.45) is 0 Å². The molecular weight excluding hydrogens is 449 g/mol. The lowest BCUT2D eigenvalue weighted by atomic mass is 10.5. The van der Waals surface area contributed by atoms with Crippen molar-refractivity contribution in [3.8, 4) is 0 Å². The molecule has 2 atom stereocenters. The molecule has 2 unspecified atom stereocenters. The molecule has 0 bridgehead atoms. The first-order valence-electron chi connectivity index (χ1n) is 8.67. The molecule has 0 aromatic carbocycles. The third kappa shape index (κ3) is 8.44. The van der Waals surface area contributed by atoms with Crippen LogP contribution in [0.5, 0.6) is 0 Å². The van der Waals surface area contributed by atoms with Gasteiger partial charge in [0, 0.05) is 90.0 Å². The Morgan fingerprint density at radius 1 is 0.583 bits per heavy atom. The Morgan fingerprint density at radius 2 is 1.04 bits per heavy atom. The van der Waals surface area contributed by atoms with Gasteiger partial charge in [0.2, 0.25) is 0 Å². The van der Waals surface area contributed by atoms with Gasteiger partial charge in [-0.05, 0) is 0 Å². The molecule has 3 rings (SSSR count). The largest absolute Gasteiger partial charge is 0.160 e. The second-order valence-electron chi connectivity index (χ2n) is 6.12. The van der Waals surface area contributed by atoms with Gasteiger partial charge in [-0.3, -0.25) is 0 Å². The summed E-state index contributed by atoms with van der Waals surface area (Å²) in [7, 11) is 0. The minimum Gasteiger partial charge on any atom is -0.160 e. The lowest BCUT2D eigenvalue weighted by molar-refractivity contribution is 1.06. The third-order valence-corrected chi connectivity index (χ3v) is 16.3. The molecule has 0 N–H and O–H groups in total. The van der Waals surface area contributed by atoms with Crippen molar-refractivity contribution in [2.45, 2.75) is 21.0 Å². The molecule has 0 radical (unpaired) electrons. The van der Waals surface area contributed by atoms with E-state index in [0.717, 1.165) is 21.0 Å². The fourth-order valence-corrected chi connectivity index (χ4v) is 13.5. The van der Waals surface area contributed by atoms with Gasteiger partial charge in [0.15, 0.2) is 0 Å². The number of rotatable bonds is 12. The molecule has 3 aliphatic rings. The molecule has 0 nitrogen and oxygen atoms in total. The van der Waals surface area contributed by atoms with Crippen LogP contribution in [0, 0.1) is 0 Å². The van der Waals surface area contributed by atoms with Crippen molar-refractivity contribution < 1.29 is 0 Å². The van der Waals surface area contributed by atoms with Crippen LogP contribution in [-0.2, 0) is 0 Å². The van der Waals surface area contributed by atoms with E-state index in [9.17, 15) is 0 Å². The zero-order valence-electron chi connectivity index (χ0n) is 14.1. The van der Waals surface area contributed by atoms with Crippen molar-refractivity contribution in [3.05, 3.63) is 0 Å². The molecule has 140 valence electrons. The van der Waals surface area contributed by atoms with E-state index < -0.39 is 0 Å². The lowest BCUT2D eigenvalue weighted by Gasteiger charge is -2.28. The predicted molar refractivity (Wildman–Crippen MR) is 134 cm³/mol. The molecule has 24 heavy (non-hydrogen) atoms. The van der Waals surface area contributed by atoms with Crippen LogP contribution in [0.25, 0.3) is 0 Å². The quantitative estimate of drug-likeness (QED) is 0.340. The zero-order chi connectivity index (χ0) is 16.5. The van der Waals surface area contributed by atoms with Crippen LogP contribution in [0.2, 0.25) is 0 Å². The molecule has 3 aliphatic heterocycles. The fourth-order valence-electron chi connectivity index (χ4n) is 2.37. The van der Waals surface area contributed by atoms with Crippen LogP contribution < -0.4 is 0 Å². The summed E-state index contributed by atoms with van der Waals surface area (Å²) in [5, 5.41) is 3.80. The van der Waals surface area contributed by atoms with Crippen LogP contribution in [0.3, 0.4) is 0 Å². The highest BCUT2D eigenvalue weighted by Gasteiger charge is 2.23. The van der Waals surface area contributed by atoms with Gasteiger partial charge in [-0.25, -0.2) is 0 Å². The fraction of sp³-hybridized carbons (Fsp3) is 1.00. The highest BCUT2D eigenvalue weighted by molar-refractivity contribution is 8.10. The maximum absolute atomic E-state index is 2.26. The van der Waals surface area contributed by atoms with E-state index in [1.165, 1.54) is 69.0 Å². The molecule has 8 heteroatoms. The molecule has 0 spiro atoms. The lowest BCUT2D eigenvalue weighted by Crippen LogP contribution is -2.25. The SMILES string of the molecule is C(CSC1CSC1)SCC1CSC(CSCCSC2CSC2)CS1. The molecule has 3 fully saturated rings. The summed E-state index contributed by atoms with van der Waals surface area (Å²) in [6.07, 6.45) is 0. The van der Waals surface area contributed by atoms with E-state index in [4.69, 9.17) is 0 Å². The summed E-state index contributed by atoms with van der Waals surface area (Å²) in [5.41, 5.74) is 0. The van der Waals surface area contributed by atoms with Crippen LogP contribution >= 0.6 is 94.1 Å². The molecule has 3 saturated heterocycles. The molecule has 3 heterocycles. The van der Waals surface area contributed by atoms with Gasteiger partial charge in [-0.2, -0.15) is 94.1 Å². The van der Waals surface area contributed by atoms with Crippen LogP contribution in [0.1, 0.15) is 0 Å². The summed E-state index contributed by atoms with van der Waals surface area (Å²) in [4.78, 5) is 0. The van der Waals surface area contributed by atoms with Crippen molar-refractivity contribution in [2.75, 3.05) is 69.0 Å². The Balaban J connectivity index is 1.10. The Hall–Kier alpha value is 2.80. The van der Waals surface area contributed by atoms with Crippen LogP contribution in [-0.4, -0.2) is 90.0 Å². The maximum Gasteiger partial charge on any atom is 0.0229 e. The summed E-state index contributed by atoms with van der Waals surface area (Å²) >= 11 is 17.6. The molecular formula is C16H28S8. The summed E-state index contributed by atoms with van der Waals surface area (Å²) in [6, 6.07) is 0. The summed E-state index contributed by atoms with van der Waals surface area (Å²) < 4.78 is 0. The number of thioether (sulfide) groups is 8. The standard InChI is InChI=1S/C16H28S8/c1(3-21-13-7-19-8-13)17-5-15-11-24-16(12-23-15)6-18-2-4-22-14-9-20-10-14/h13-16H,1-12H2. The van der Waals surface area contributed by atoms with E-state index in [0.29, 0.717) is 0 Å². The molecule has 0 aromatic rings. The Bertz CT molecular complexity index is 294. The van der Waals surface area contributed by atoms with Crippen molar-refractivity contribution in [3.63, 3.8) is 0 Å². The first-order valence-corrected chi connectivity index (χ1v) is 17.5. The maximum atomic E-state index is 2.26. The normalized spacial score (nSPS) is 28.5. The van der Waals surface area contributed by atoms with Crippen molar-refractivity contribution in [1.29, 1.82) is 0 Å². The van der Waals surface area contributed by atoms with Crippen molar-refractivity contribution in [1.82, 2.24) is 0 Å². The first kappa shape index (κ1) is 21.5. The Morgan fingerprint density at radius 3 is 1.38 bits per heavy atom. The monoisotopic (exact) mass is 476 g/mol. The zero-order valence-corrected chi connectivity index (χ0v) is 20.6. The number of hydrogen-bond donors (Lipinski definition) is 0. The predicted octanol–water partition coefficient (Wildman–Crippen LogP) is 5.37. The average Bonchev–Trinajstić information content (AvgIpc) is 2.52. The minimum atomic E-state index is 0.914. The third-order valence-electron chi connectivity index (χ3n) is 4.02. The smallest absolute Gasteiger partial charge is 0.0229 e. The van der Waals surface area contributed by atoms with E-state index in [-0.39, 0.29) is 0 Å². The van der Waals surface area contributed by atoms with Crippen molar-refractivity contribution >= 4 is 94.1 Å². The molecule has 0 aromatic heterocycles. The highest BCUT2D eigenvalue weighted by Crippen LogP contribution is 2.35. The molecule has 0 saturated carbocycles. The van der Waals surface area contributed by atoms with Gasteiger partial charge < -0.3 is 0 Å². The highest BCUT2D eigenvalue weighted by atomic mass is 32.2.